The number of hydrogen-bond acceptors (Lipinski definition) is 3. The lowest BCUT2D eigenvalue weighted by molar-refractivity contribution is 0.174. The van der Waals surface area contributed by atoms with Gasteiger partial charge in [-0.1, -0.05) is 18.2 Å². The maximum atomic E-state index is 11.6. The van der Waals surface area contributed by atoms with E-state index < -0.39 is 0 Å². The largest absolute Gasteiger partial charge is 0.452 e. The lowest BCUT2D eigenvalue weighted by atomic mass is 10.1. The van der Waals surface area contributed by atoms with Crippen molar-refractivity contribution < 1.29 is 9.53 Å². The van der Waals surface area contributed by atoms with Gasteiger partial charge in [0.1, 0.15) is 0 Å². The summed E-state index contributed by atoms with van der Waals surface area (Å²) in [7, 11) is 1.38. The van der Waals surface area contributed by atoms with E-state index in [0.29, 0.717) is 0 Å². The summed E-state index contributed by atoms with van der Waals surface area (Å²) >= 11 is 0. The molecular weight excluding hydrogens is 216 g/mol. The average molecular weight is 232 g/mol. The van der Waals surface area contributed by atoms with Crippen LogP contribution >= 0.6 is 0 Å². The fourth-order valence-electron chi connectivity index (χ4n) is 2.01. The lowest BCUT2D eigenvalue weighted by Crippen LogP contribution is -2.17. The normalized spacial score (nSPS) is 12.6. The van der Waals surface area contributed by atoms with Gasteiger partial charge in [-0.25, -0.2) is 4.79 Å². The molecule has 0 saturated carbocycles. The van der Waals surface area contributed by atoms with Gasteiger partial charge in [-0.3, -0.25) is 4.57 Å². The minimum absolute atomic E-state index is 0.0619. The van der Waals surface area contributed by atoms with Crippen molar-refractivity contribution >= 4 is 17.0 Å². The van der Waals surface area contributed by atoms with Crippen molar-refractivity contribution in [3.63, 3.8) is 0 Å². The predicted molar refractivity (Wildman–Crippen MR) is 67.1 cm³/mol. The van der Waals surface area contributed by atoms with Crippen LogP contribution in [0.4, 0.5) is 4.79 Å². The first kappa shape index (κ1) is 11.7. The molecule has 0 aliphatic carbocycles. The summed E-state index contributed by atoms with van der Waals surface area (Å²) < 4.78 is 6.28. The Morgan fingerprint density at radius 3 is 2.82 bits per heavy atom. The Bertz CT molecular complexity index is 543. The molecule has 0 amide bonds. The Hall–Kier alpha value is -1.81. The number of aromatic nitrogens is 1. The second kappa shape index (κ2) is 4.59. The molecule has 0 aliphatic heterocycles. The Kier molecular flexibility index (Phi) is 3.15. The predicted octanol–water partition coefficient (Wildman–Crippen LogP) is 2.15. The van der Waals surface area contributed by atoms with Crippen LogP contribution in [0.2, 0.25) is 0 Å². The van der Waals surface area contributed by atoms with Crippen LogP contribution in [-0.2, 0) is 11.2 Å². The van der Waals surface area contributed by atoms with Crippen LogP contribution in [-0.4, -0.2) is 23.8 Å². The summed E-state index contributed by atoms with van der Waals surface area (Å²) in [5, 5.41) is 1.05. The van der Waals surface area contributed by atoms with E-state index >= 15 is 0 Å². The molecule has 4 heteroatoms. The van der Waals surface area contributed by atoms with E-state index in [4.69, 9.17) is 10.5 Å². The summed E-state index contributed by atoms with van der Waals surface area (Å²) in [6, 6.07) is 7.81. The van der Waals surface area contributed by atoms with Gasteiger partial charge in [0.05, 0.1) is 12.6 Å². The van der Waals surface area contributed by atoms with Gasteiger partial charge in [-0.15, -0.1) is 0 Å². The first-order chi connectivity index (χ1) is 8.13. The minimum Gasteiger partial charge on any atom is -0.452 e. The Morgan fingerprint density at radius 1 is 1.47 bits per heavy atom. The molecule has 0 fully saturated rings. The average Bonchev–Trinajstić information content (AvgIpc) is 2.67. The fraction of sp³-hybridized carbons (Fsp3) is 0.308. The van der Waals surface area contributed by atoms with E-state index in [0.717, 1.165) is 22.9 Å². The van der Waals surface area contributed by atoms with Crippen molar-refractivity contribution in [3.8, 4) is 0 Å². The number of carbonyl (C=O) groups is 1. The molecule has 1 atom stereocenters. The molecule has 0 aliphatic rings. The number of methoxy groups -OCH3 is 1. The number of nitrogens with two attached hydrogens (primary N) is 1. The molecule has 1 heterocycles. The van der Waals surface area contributed by atoms with Gasteiger partial charge < -0.3 is 10.5 Å². The van der Waals surface area contributed by atoms with Crippen molar-refractivity contribution in [2.75, 3.05) is 7.11 Å². The van der Waals surface area contributed by atoms with Gasteiger partial charge in [-0.05, 0) is 25.0 Å². The quantitative estimate of drug-likeness (QED) is 0.863. The Labute approximate surface area is 100.0 Å². The summed E-state index contributed by atoms with van der Waals surface area (Å²) in [5.74, 6) is 0. The van der Waals surface area contributed by atoms with E-state index in [2.05, 4.69) is 0 Å². The number of ether oxygens (including phenoxy) is 1. The number of benzene rings is 1. The zero-order valence-electron chi connectivity index (χ0n) is 10.0. The monoisotopic (exact) mass is 232 g/mol. The highest BCUT2D eigenvalue weighted by molar-refractivity contribution is 5.91. The third kappa shape index (κ3) is 2.17. The molecule has 2 rings (SSSR count). The fourth-order valence-corrected chi connectivity index (χ4v) is 2.01. The van der Waals surface area contributed by atoms with Crippen molar-refractivity contribution in [2.24, 2.45) is 5.73 Å². The molecule has 0 unspecified atom stereocenters. The molecule has 1 aromatic carbocycles. The zero-order valence-corrected chi connectivity index (χ0v) is 10.0. The maximum Gasteiger partial charge on any atom is 0.418 e. The van der Waals surface area contributed by atoms with E-state index in [1.54, 1.807) is 6.20 Å². The molecule has 2 N–H and O–H groups in total. The van der Waals surface area contributed by atoms with Gasteiger partial charge >= 0.3 is 6.09 Å². The van der Waals surface area contributed by atoms with Gasteiger partial charge in [0.15, 0.2) is 0 Å². The molecule has 1 aromatic heterocycles. The lowest BCUT2D eigenvalue weighted by Gasteiger charge is -2.02. The molecule has 2 aromatic rings. The first-order valence-electron chi connectivity index (χ1n) is 5.56. The van der Waals surface area contributed by atoms with Crippen molar-refractivity contribution in [3.05, 3.63) is 36.0 Å². The number of carbonyl (C=O) groups excluding carboxylic acids is 1. The second-order valence-corrected chi connectivity index (χ2v) is 4.19. The van der Waals surface area contributed by atoms with Crippen molar-refractivity contribution in [1.82, 2.24) is 4.57 Å². The molecule has 0 saturated heterocycles. The third-order valence-corrected chi connectivity index (χ3v) is 2.71. The highest BCUT2D eigenvalue weighted by atomic mass is 16.5. The molecular formula is C13H16N2O2. The van der Waals surface area contributed by atoms with Crippen LogP contribution in [0.25, 0.3) is 10.9 Å². The minimum atomic E-state index is -0.378. The molecule has 0 spiro atoms. The number of para-hydroxylation sites is 1. The molecule has 0 bridgehead atoms. The summed E-state index contributed by atoms with van der Waals surface area (Å²) in [4.78, 5) is 11.6. The van der Waals surface area contributed by atoms with Crippen LogP contribution in [0.5, 0.6) is 0 Å². The number of rotatable bonds is 2. The van der Waals surface area contributed by atoms with Crippen LogP contribution in [0.3, 0.4) is 0 Å². The number of fused-ring (bicyclic) bond motifs is 1. The van der Waals surface area contributed by atoms with E-state index in [9.17, 15) is 4.79 Å². The molecule has 17 heavy (non-hydrogen) atoms. The summed E-state index contributed by atoms with van der Waals surface area (Å²) in [5.41, 5.74) is 7.73. The van der Waals surface area contributed by atoms with Gasteiger partial charge in [0.25, 0.3) is 0 Å². The SMILES string of the molecule is COC(=O)n1cc(C[C@@H](C)N)c2ccccc21. The van der Waals surface area contributed by atoms with Gasteiger partial charge in [0.2, 0.25) is 0 Å². The van der Waals surface area contributed by atoms with Gasteiger partial charge in [0, 0.05) is 17.6 Å². The number of nitrogens with zero attached hydrogens (tertiary/aromatic N) is 1. The van der Waals surface area contributed by atoms with E-state index in [1.807, 2.05) is 31.2 Å². The Morgan fingerprint density at radius 2 is 2.18 bits per heavy atom. The maximum absolute atomic E-state index is 11.6. The van der Waals surface area contributed by atoms with Crippen LogP contribution in [0.1, 0.15) is 12.5 Å². The smallest absolute Gasteiger partial charge is 0.418 e. The number of hydrogen-bond donors (Lipinski definition) is 1. The summed E-state index contributed by atoms with van der Waals surface area (Å²) in [6.07, 6.45) is 2.17. The molecule has 4 nitrogen and oxygen atoms in total. The first-order valence-corrected chi connectivity index (χ1v) is 5.56. The van der Waals surface area contributed by atoms with E-state index in [-0.39, 0.29) is 12.1 Å². The highest BCUT2D eigenvalue weighted by Gasteiger charge is 2.13. The van der Waals surface area contributed by atoms with Crippen molar-refractivity contribution in [2.45, 2.75) is 19.4 Å². The van der Waals surface area contributed by atoms with Crippen LogP contribution < -0.4 is 5.73 Å². The van der Waals surface area contributed by atoms with Crippen molar-refractivity contribution in [1.29, 1.82) is 0 Å². The van der Waals surface area contributed by atoms with Crippen LogP contribution in [0, 0.1) is 0 Å². The molecule has 0 radical (unpaired) electrons. The summed E-state index contributed by atoms with van der Waals surface area (Å²) in [6.45, 7) is 1.95. The van der Waals surface area contributed by atoms with Crippen LogP contribution in [0.15, 0.2) is 30.5 Å². The topological polar surface area (TPSA) is 57.2 Å². The van der Waals surface area contributed by atoms with E-state index in [1.165, 1.54) is 11.7 Å². The van der Waals surface area contributed by atoms with Gasteiger partial charge in [-0.2, -0.15) is 0 Å². The molecule has 90 valence electrons. The highest BCUT2D eigenvalue weighted by Crippen LogP contribution is 2.22. The Balaban J connectivity index is 2.58. The third-order valence-electron chi connectivity index (χ3n) is 2.71. The second-order valence-electron chi connectivity index (χ2n) is 4.19. The zero-order chi connectivity index (χ0) is 12.4. The standard InChI is InChI=1S/C13H16N2O2/c1-9(14)7-10-8-15(13(16)17-2)12-6-4-3-5-11(10)12/h3-6,8-9H,7,14H2,1-2H3/t9-/m1/s1.